The van der Waals surface area contributed by atoms with Crippen LogP contribution in [0.15, 0.2) is 30.2 Å². The van der Waals surface area contributed by atoms with Gasteiger partial charge in [0.2, 0.25) is 0 Å². The average Bonchev–Trinajstić information content (AvgIpc) is 2.94. The first kappa shape index (κ1) is 13.1. The molecule has 0 amide bonds. The molecule has 1 aliphatic rings. The van der Waals surface area contributed by atoms with Crippen LogP contribution in [0.1, 0.15) is 44.0 Å². The smallest absolute Gasteiger partial charge is 0.115 e. The van der Waals surface area contributed by atoms with Crippen molar-refractivity contribution in [1.29, 1.82) is 0 Å². The van der Waals surface area contributed by atoms with Crippen molar-refractivity contribution in [3.05, 3.63) is 41.4 Å². The lowest BCUT2D eigenvalue weighted by Gasteiger charge is -2.21. The van der Waals surface area contributed by atoms with Crippen molar-refractivity contribution in [3.63, 3.8) is 0 Å². The standard InChI is InChI=1S/C15H22N2O/c1-3-9-16-15(13-8-6-11-18-13)14-12(4-2)7-5-10-17-14/h5,7-8,10,15-16H,3-4,6,9,11H2,1-2H3. The SMILES string of the molecule is CCCNC(C1=CCCO1)c1ncccc1CC. The maximum Gasteiger partial charge on any atom is 0.115 e. The summed E-state index contributed by atoms with van der Waals surface area (Å²) < 4.78 is 5.72. The number of aryl methyl sites for hydroxylation is 1. The Bertz CT molecular complexity index is 415. The molecular weight excluding hydrogens is 224 g/mol. The molecule has 1 unspecified atom stereocenters. The molecule has 98 valence electrons. The summed E-state index contributed by atoms with van der Waals surface area (Å²) in [6.07, 6.45) is 7.17. The number of nitrogens with zero attached hydrogens (tertiary/aromatic N) is 1. The van der Waals surface area contributed by atoms with Gasteiger partial charge in [-0.2, -0.15) is 0 Å². The molecule has 0 bridgehead atoms. The van der Waals surface area contributed by atoms with Crippen LogP contribution in [0, 0.1) is 0 Å². The molecule has 0 spiro atoms. The van der Waals surface area contributed by atoms with Crippen molar-refractivity contribution in [2.24, 2.45) is 0 Å². The van der Waals surface area contributed by atoms with Crippen molar-refractivity contribution in [3.8, 4) is 0 Å². The fourth-order valence-corrected chi connectivity index (χ4v) is 2.27. The lowest BCUT2D eigenvalue weighted by atomic mass is 10.0. The number of hydrogen-bond acceptors (Lipinski definition) is 3. The zero-order chi connectivity index (χ0) is 12.8. The van der Waals surface area contributed by atoms with Gasteiger partial charge >= 0.3 is 0 Å². The lowest BCUT2D eigenvalue weighted by Crippen LogP contribution is -2.26. The molecule has 0 radical (unpaired) electrons. The van der Waals surface area contributed by atoms with Gasteiger partial charge in [-0.05, 0) is 37.1 Å². The van der Waals surface area contributed by atoms with Gasteiger partial charge in [-0.1, -0.05) is 19.9 Å². The minimum absolute atomic E-state index is 0.114. The van der Waals surface area contributed by atoms with E-state index in [1.807, 2.05) is 12.3 Å². The molecule has 0 saturated heterocycles. The second kappa shape index (κ2) is 6.55. The van der Waals surface area contributed by atoms with Crippen LogP contribution in [0.2, 0.25) is 0 Å². The largest absolute Gasteiger partial charge is 0.496 e. The Labute approximate surface area is 109 Å². The van der Waals surface area contributed by atoms with Crippen molar-refractivity contribution >= 4 is 0 Å². The average molecular weight is 246 g/mol. The first-order valence-electron chi connectivity index (χ1n) is 6.86. The third-order valence-corrected chi connectivity index (χ3v) is 3.20. The predicted octanol–water partition coefficient (Wildman–Crippen LogP) is 2.99. The first-order valence-corrected chi connectivity index (χ1v) is 6.86. The molecule has 2 heterocycles. The van der Waals surface area contributed by atoms with Crippen LogP contribution in [-0.4, -0.2) is 18.1 Å². The second-order valence-corrected chi connectivity index (χ2v) is 4.53. The fraction of sp³-hybridized carbons (Fsp3) is 0.533. The van der Waals surface area contributed by atoms with Crippen molar-refractivity contribution < 1.29 is 4.74 Å². The highest BCUT2D eigenvalue weighted by Crippen LogP contribution is 2.27. The van der Waals surface area contributed by atoms with Gasteiger partial charge in [-0.3, -0.25) is 4.98 Å². The van der Waals surface area contributed by atoms with E-state index in [4.69, 9.17) is 4.74 Å². The Kier molecular flexibility index (Phi) is 4.76. The summed E-state index contributed by atoms with van der Waals surface area (Å²) in [7, 11) is 0. The molecule has 1 aromatic heterocycles. The Morgan fingerprint density at radius 2 is 2.33 bits per heavy atom. The Balaban J connectivity index is 2.26. The number of ether oxygens (including phenoxy) is 1. The van der Waals surface area contributed by atoms with E-state index in [0.717, 1.165) is 43.9 Å². The maximum atomic E-state index is 5.72. The summed E-state index contributed by atoms with van der Waals surface area (Å²) in [6, 6.07) is 4.27. The quantitative estimate of drug-likeness (QED) is 0.838. The Morgan fingerprint density at radius 3 is 3.00 bits per heavy atom. The number of pyridine rings is 1. The highest BCUT2D eigenvalue weighted by atomic mass is 16.5. The van der Waals surface area contributed by atoms with Gasteiger partial charge in [0.1, 0.15) is 11.8 Å². The molecule has 1 atom stereocenters. The fourth-order valence-electron chi connectivity index (χ4n) is 2.27. The third kappa shape index (κ3) is 2.91. The van der Waals surface area contributed by atoms with Gasteiger partial charge in [0.25, 0.3) is 0 Å². The van der Waals surface area contributed by atoms with Crippen LogP contribution < -0.4 is 5.32 Å². The minimum Gasteiger partial charge on any atom is -0.496 e. The number of nitrogens with one attached hydrogen (secondary N) is 1. The zero-order valence-electron chi connectivity index (χ0n) is 11.3. The summed E-state index contributed by atoms with van der Waals surface area (Å²) in [5.41, 5.74) is 2.41. The van der Waals surface area contributed by atoms with Crippen molar-refractivity contribution in [2.45, 2.75) is 39.2 Å². The van der Waals surface area contributed by atoms with Crippen LogP contribution in [0.25, 0.3) is 0 Å². The topological polar surface area (TPSA) is 34.1 Å². The van der Waals surface area contributed by atoms with E-state index in [0.29, 0.717) is 0 Å². The molecule has 3 nitrogen and oxygen atoms in total. The molecule has 0 aromatic carbocycles. The van der Waals surface area contributed by atoms with Crippen LogP contribution in [0.3, 0.4) is 0 Å². The molecule has 2 rings (SSSR count). The number of aromatic nitrogens is 1. The summed E-state index contributed by atoms with van der Waals surface area (Å²) in [5.74, 6) is 1.04. The molecule has 1 aromatic rings. The van der Waals surface area contributed by atoms with E-state index in [9.17, 15) is 0 Å². The van der Waals surface area contributed by atoms with Gasteiger partial charge in [-0.25, -0.2) is 0 Å². The van der Waals surface area contributed by atoms with Gasteiger partial charge in [0.05, 0.1) is 12.3 Å². The van der Waals surface area contributed by atoms with Crippen molar-refractivity contribution in [2.75, 3.05) is 13.2 Å². The van der Waals surface area contributed by atoms with Gasteiger partial charge in [0, 0.05) is 12.6 Å². The minimum atomic E-state index is 0.114. The van der Waals surface area contributed by atoms with E-state index in [1.54, 1.807) is 0 Å². The van der Waals surface area contributed by atoms with Crippen LogP contribution in [-0.2, 0) is 11.2 Å². The predicted molar refractivity (Wildman–Crippen MR) is 73.3 cm³/mol. The van der Waals surface area contributed by atoms with E-state index < -0.39 is 0 Å². The molecule has 0 aliphatic carbocycles. The molecule has 1 aliphatic heterocycles. The third-order valence-electron chi connectivity index (χ3n) is 3.20. The van der Waals surface area contributed by atoms with Gasteiger partial charge in [-0.15, -0.1) is 0 Å². The molecule has 0 fully saturated rings. The monoisotopic (exact) mass is 246 g/mol. The second-order valence-electron chi connectivity index (χ2n) is 4.53. The maximum absolute atomic E-state index is 5.72. The lowest BCUT2D eigenvalue weighted by molar-refractivity contribution is 0.214. The summed E-state index contributed by atoms with van der Waals surface area (Å²) in [6.45, 7) is 6.12. The number of rotatable bonds is 6. The molecular formula is C15H22N2O. The van der Waals surface area contributed by atoms with Crippen LogP contribution in [0.5, 0.6) is 0 Å². The van der Waals surface area contributed by atoms with Gasteiger partial charge < -0.3 is 10.1 Å². The molecule has 1 N–H and O–H groups in total. The van der Waals surface area contributed by atoms with E-state index >= 15 is 0 Å². The summed E-state index contributed by atoms with van der Waals surface area (Å²) >= 11 is 0. The van der Waals surface area contributed by atoms with Crippen LogP contribution in [0.4, 0.5) is 0 Å². The number of hydrogen-bond donors (Lipinski definition) is 1. The zero-order valence-corrected chi connectivity index (χ0v) is 11.3. The molecule has 3 heteroatoms. The van der Waals surface area contributed by atoms with Crippen molar-refractivity contribution in [1.82, 2.24) is 10.3 Å². The highest BCUT2D eigenvalue weighted by Gasteiger charge is 2.23. The summed E-state index contributed by atoms with van der Waals surface area (Å²) in [5, 5.41) is 3.55. The Morgan fingerprint density at radius 1 is 1.44 bits per heavy atom. The Hall–Kier alpha value is -1.35. The molecule has 18 heavy (non-hydrogen) atoms. The van der Waals surface area contributed by atoms with E-state index in [-0.39, 0.29) is 6.04 Å². The van der Waals surface area contributed by atoms with E-state index in [1.165, 1.54) is 5.56 Å². The molecule has 0 saturated carbocycles. The highest BCUT2D eigenvalue weighted by molar-refractivity contribution is 5.28. The van der Waals surface area contributed by atoms with E-state index in [2.05, 4.69) is 36.3 Å². The van der Waals surface area contributed by atoms with Crippen LogP contribution >= 0.6 is 0 Å². The normalized spacial score (nSPS) is 16.2. The summed E-state index contributed by atoms with van der Waals surface area (Å²) in [4.78, 5) is 4.56. The first-order chi connectivity index (χ1) is 8.86. The van der Waals surface area contributed by atoms with Gasteiger partial charge in [0.15, 0.2) is 0 Å².